The van der Waals surface area contributed by atoms with Crippen LogP contribution in [-0.2, 0) is 11.3 Å². The number of benzene rings is 1. The second-order valence-corrected chi connectivity index (χ2v) is 5.20. The first-order chi connectivity index (χ1) is 7.09. The van der Waals surface area contributed by atoms with Crippen molar-refractivity contribution in [3.63, 3.8) is 0 Å². The summed E-state index contributed by atoms with van der Waals surface area (Å²) >= 11 is 3.52. The minimum atomic E-state index is 0.331. The molecule has 0 bridgehead atoms. The Hall–Kier alpha value is -0.340. The van der Waals surface area contributed by atoms with Crippen LogP contribution in [0.2, 0.25) is 0 Å². The number of ether oxygens (including phenoxy) is 1. The fourth-order valence-corrected chi connectivity index (χ4v) is 1.98. The van der Waals surface area contributed by atoms with Crippen LogP contribution in [-0.4, -0.2) is 6.10 Å². The number of hydrogen-bond acceptors (Lipinski definition) is 1. The molecule has 0 aliphatic carbocycles. The minimum absolute atomic E-state index is 0.331. The molecule has 0 spiro atoms. The molecule has 2 heteroatoms. The zero-order valence-corrected chi connectivity index (χ0v) is 11.3. The van der Waals surface area contributed by atoms with Gasteiger partial charge in [0.25, 0.3) is 0 Å². The lowest BCUT2D eigenvalue weighted by atomic mass is 10.1. The van der Waals surface area contributed by atoms with E-state index in [2.05, 4.69) is 42.8 Å². The van der Waals surface area contributed by atoms with Gasteiger partial charge in [0.1, 0.15) is 0 Å². The third kappa shape index (κ3) is 4.80. The summed E-state index contributed by atoms with van der Waals surface area (Å²) in [6, 6.07) is 8.19. The van der Waals surface area contributed by atoms with Crippen molar-refractivity contribution in [1.82, 2.24) is 0 Å². The Balaban J connectivity index is 2.40. The molecule has 0 heterocycles. The molecule has 0 aromatic heterocycles. The molecule has 0 N–H and O–H groups in total. The Bertz CT molecular complexity index is 296. The average molecular weight is 271 g/mol. The van der Waals surface area contributed by atoms with E-state index in [1.807, 2.05) is 18.2 Å². The molecule has 0 saturated heterocycles. The van der Waals surface area contributed by atoms with E-state index >= 15 is 0 Å². The molecule has 0 saturated carbocycles. The molecule has 1 aromatic rings. The highest BCUT2D eigenvalue weighted by atomic mass is 79.9. The third-order valence-electron chi connectivity index (χ3n) is 2.28. The first kappa shape index (κ1) is 12.7. The van der Waals surface area contributed by atoms with Crippen molar-refractivity contribution in [1.29, 1.82) is 0 Å². The lowest BCUT2D eigenvalue weighted by molar-refractivity contribution is 0.0394. The topological polar surface area (TPSA) is 9.23 Å². The standard InChI is InChI=1S/C13H19BrO/c1-10(2)8-11(3)15-9-12-6-4-5-7-13(12)14/h4-7,10-11H,8-9H2,1-3H3. The summed E-state index contributed by atoms with van der Waals surface area (Å²) in [5, 5.41) is 0. The van der Waals surface area contributed by atoms with Crippen LogP contribution in [0.1, 0.15) is 32.8 Å². The van der Waals surface area contributed by atoms with Crippen LogP contribution in [0.25, 0.3) is 0 Å². The second-order valence-electron chi connectivity index (χ2n) is 4.34. The molecule has 1 nitrogen and oxygen atoms in total. The SMILES string of the molecule is CC(C)CC(C)OCc1ccccc1Br. The van der Waals surface area contributed by atoms with Gasteiger partial charge in [0.2, 0.25) is 0 Å². The first-order valence-corrected chi connectivity index (χ1v) is 6.24. The van der Waals surface area contributed by atoms with Gasteiger partial charge >= 0.3 is 0 Å². The monoisotopic (exact) mass is 270 g/mol. The third-order valence-corrected chi connectivity index (χ3v) is 3.06. The molecule has 1 atom stereocenters. The van der Waals surface area contributed by atoms with E-state index in [1.54, 1.807) is 0 Å². The van der Waals surface area contributed by atoms with Gasteiger partial charge in [-0.3, -0.25) is 0 Å². The maximum atomic E-state index is 5.79. The molecule has 0 radical (unpaired) electrons. The molecule has 1 aromatic carbocycles. The Morgan fingerprint density at radius 3 is 2.47 bits per heavy atom. The average Bonchev–Trinajstić information content (AvgIpc) is 2.15. The zero-order valence-electron chi connectivity index (χ0n) is 9.66. The van der Waals surface area contributed by atoms with Crippen molar-refractivity contribution in [2.24, 2.45) is 5.92 Å². The Kier molecular flexibility index (Phi) is 5.34. The fraction of sp³-hybridized carbons (Fsp3) is 0.538. The quantitative estimate of drug-likeness (QED) is 0.771. The molecular weight excluding hydrogens is 252 g/mol. The van der Waals surface area contributed by atoms with Gasteiger partial charge in [-0.2, -0.15) is 0 Å². The number of halogens is 1. The molecule has 0 fully saturated rings. The van der Waals surface area contributed by atoms with Gasteiger partial charge < -0.3 is 4.74 Å². The normalized spacial score (nSPS) is 13.1. The van der Waals surface area contributed by atoms with Gasteiger partial charge in [0.05, 0.1) is 12.7 Å². The van der Waals surface area contributed by atoms with Crippen LogP contribution in [0.5, 0.6) is 0 Å². The molecule has 1 rings (SSSR count). The molecule has 1 unspecified atom stereocenters. The van der Waals surface area contributed by atoms with Crippen LogP contribution < -0.4 is 0 Å². The molecule has 0 amide bonds. The summed E-state index contributed by atoms with van der Waals surface area (Å²) in [4.78, 5) is 0. The summed E-state index contributed by atoms with van der Waals surface area (Å²) in [7, 11) is 0. The zero-order chi connectivity index (χ0) is 11.3. The first-order valence-electron chi connectivity index (χ1n) is 5.44. The second kappa shape index (κ2) is 6.29. The highest BCUT2D eigenvalue weighted by Crippen LogP contribution is 2.18. The van der Waals surface area contributed by atoms with Crippen LogP contribution >= 0.6 is 15.9 Å². The van der Waals surface area contributed by atoms with Gasteiger partial charge in [-0.1, -0.05) is 48.0 Å². The molecular formula is C13H19BrO. The van der Waals surface area contributed by atoms with Gasteiger partial charge in [0, 0.05) is 4.47 Å². The maximum absolute atomic E-state index is 5.79. The van der Waals surface area contributed by atoms with E-state index < -0.39 is 0 Å². The molecule has 0 aliphatic heterocycles. The van der Waals surface area contributed by atoms with Crippen molar-refractivity contribution in [3.05, 3.63) is 34.3 Å². The molecule has 0 aliphatic rings. The van der Waals surface area contributed by atoms with Crippen molar-refractivity contribution >= 4 is 15.9 Å². The van der Waals surface area contributed by atoms with Crippen LogP contribution in [0.4, 0.5) is 0 Å². The van der Waals surface area contributed by atoms with E-state index in [1.165, 1.54) is 5.56 Å². The van der Waals surface area contributed by atoms with Crippen LogP contribution in [0.3, 0.4) is 0 Å². The summed E-state index contributed by atoms with van der Waals surface area (Å²) in [5.41, 5.74) is 1.22. The predicted octanol–water partition coefficient (Wildman–Crippen LogP) is 4.40. The summed E-state index contributed by atoms with van der Waals surface area (Å²) < 4.78 is 6.92. The van der Waals surface area contributed by atoms with E-state index in [9.17, 15) is 0 Å². The van der Waals surface area contributed by atoms with Crippen molar-refractivity contribution in [3.8, 4) is 0 Å². The summed E-state index contributed by atoms with van der Waals surface area (Å²) in [5.74, 6) is 0.694. The highest BCUT2D eigenvalue weighted by molar-refractivity contribution is 9.10. The van der Waals surface area contributed by atoms with Crippen molar-refractivity contribution in [2.45, 2.75) is 39.9 Å². The molecule has 15 heavy (non-hydrogen) atoms. The minimum Gasteiger partial charge on any atom is -0.374 e. The largest absolute Gasteiger partial charge is 0.374 e. The highest BCUT2D eigenvalue weighted by Gasteiger charge is 2.06. The Morgan fingerprint density at radius 2 is 1.87 bits per heavy atom. The lowest BCUT2D eigenvalue weighted by Crippen LogP contribution is -2.11. The van der Waals surface area contributed by atoms with Gasteiger partial charge in [-0.15, -0.1) is 0 Å². The van der Waals surface area contributed by atoms with E-state index in [4.69, 9.17) is 4.74 Å². The summed E-state index contributed by atoms with van der Waals surface area (Å²) in [6.07, 6.45) is 1.45. The number of rotatable bonds is 5. The maximum Gasteiger partial charge on any atom is 0.0731 e. The lowest BCUT2D eigenvalue weighted by Gasteiger charge is -2.15. The molecule has 84 valence electrons. The van der Waals surface area contributed by atoms with Gasteiger partial charge in [-0.25, -0.2) is 0 Å². The van der Waals surface area contributed by atoms with Crippen LogP contribution in [0, 0.1) is 5.92 Å². The van der Waals surface area contributed by atoms with Crippen molar-refractivity contribution < 1.29 is 4.74 Å². The number of hydrogen-bond donors (Lipinski definition) is 0. The predicted molar refractivity (Wildman–Crippen MR) is 67.8 cm³/mol. The van der Waals surface area contributed by atoms with E-state index in [0.717, 1.165) is 10.9 Å². The van der Waals surface area contributed by atoms with E-state index in [-0.39, 0.29) is 0 Å². The van der Waals surface area contributed by atoms with E-state index in [0.29, 0.717) is 18.6 Å². The Morgan fingerprint density at radius 1 is 1.20 bits per heavy atom. The van der Waals surface area contributed by atoms with Crippen molar-refractivity contribution in [2.75, 3.05) is 0 Å². The Labute approximate surface area is 101 Å². The van der Waals surface area contributed by atoms with Crippen LogP contribution in [0.15, 0.2) is 28.7 Å². The smallest absolute Gasteiger partial charge is 0.0731 e. The summed E-state index contributed by atoms with van der Waals surface area (Å²) in [6.45, 7) is 7.27. The van der Waals surface area contributed by atoms with Gasteiger partial charge in [-0.05, 0) is 30.9 Å². The van der Waals surface area contributed by atoms with Gasteiger partial charge in [0.15, 0.2) is 0 Å². The fourth-order valence-electron chi connectivity index (χ4n) is 1.58.